The summed E-state index contributed by atoms with van der Waals surface area (Å²) in [5, 5.41) is 0. The van der Waals surface area contributed by atoms with Gasteiger partial charge in [-0.2, -0.15) is 0 Å². The summed E-state index contributed by atoms with van der Waals surface area (Å²) in [6, 6.07) is 0. The van der Waals surface area contributed by atoms with Crippen LogP contribution in [0.2, 0.25) is 0 Å². The van der Waals surface area contributed by atoms with E-state index in [1.54, 1.807) is 0 Å². The quantitative estimate of drug-likeness (QED) is 0.508. The number of rotatable bonds is 0. The van der Waals surface area contributed by atoms with E-state index in [1.165, 1.54) is 24.8 Å². The lowest BCUT2D eigenvalue weighted by Gasteiger charge is -2.33. The van der Waals surface area contributed by atoms with E-state index in [0.717, 1.165) is 5.92 Å². The van der Waals surface area contributed by atoms with Crippen LogP contribution in [0, 0.1) is 11.3 Å². The zero-order valence-electron chi connectivity index (χ0n) is 7.61. The maximum atomic E-state index is 4.31. The molecule has 3 N–H and O–H groups in total. The lowest BCUT2D eigenvalue weighted by molar-refractivity contribution is -0.459. The van der Waals surface area contributed by atoms with Crippen LogP contribution in [-0.2, 0) is 0 Å². The molecule has 2 rings (SSSR count). The smallest absolute Gasteiger partial charge is 0.117 e. The monoisotopic (exact) mass is 152 g/mol. The third kappa shape index (κ3) is 0.698. The molecule has 0 aromatic rings. The van der Waals surface area contributed by atoms with Gasteiger partial charge in [0.25, 0.3) is 0 Å². The van der Waals surface area contributed by atoms with Crippen molar-refractivity contribution < 1.29 is 5.73 Å². The van der Waals surface area contributed by atoms with E-state index in [1.807, 2.05) is 0 Å². The largest absolute Gasteiger partial charge is 0.349 e. The highest BCUT2D eigenvalue weighted by Crippen LogP contribution is 2.58. The van der Waals surface area contributed by atoms with Crippen LogP contribution in [-0.4, -0.2) is 5.54 Å². The lowest BCUT2D eigenvalue weighted by atomic mass is 9.72. The summed E-state index contributed by atoms with van der Waals surface area (Å²) < 4.78 is 0. The lowest BCUT2D eigenvalue weighted by Crippen LogP contribution is -2.71. The Morgan fingerprint density at radius 1 is 1.55 bits per heavy atom. The zero-order chi connectivity index (χ0) is 8.28. The van der Waals surface area contributed by atoms with Crippen LogP contribution in [0.5, 0.6) is 0 Å². The van der Waals surface area contributed by atoms with Gasteiger partial charge in [0.15, 0.2) is 0 Å². The first kappa shape index (κ1) is 7.35. The Balaban J connectivity index is 2.42. The number of fused-ring (bicyclic) bond motifs is 2. The molecule has 2 aliphatic rings. The normalized spacial score (nSPS) is 46.8. The molecule has 0 aromatic carbocycles. The minimum atomic E-state index is 0.258. The van der Waals surface area contributed by atoms with E-state index < -0.39 is 0 Å². The molecule has 0 spiro atoms. The van der Waals surface area contributed by atoms with Crippen molar-refractivity contribution in [1.82, 2.24) is 0 Å². The van der Waals surface area contributed by atoms with Crippen molar-refractivity contribution in [1.29, 1.82) is 0 Å². The zero-order valence-corrected chi connectivity index (χ0v) is 7.61. The van der Waals surface area contributed by atoms with Crippen molar-refractivity contribution in [3.63, 3.8) is 0 Å². The average molecular weight is 152 g/mol. The molecule has 2 bridgehead atoms. The Hall–Kier alpha value is -0.300. The summed E-state index contributed by atoms with van der Waals surface area (Å²) in [6.07, 6.45) is 3.94. The first-order valence-corrected chi connectivity index (χ1v) is 4.52. The fraction of sp³-hybridized carbons (Fsp3) is 0.800. The van der Waals surface area contributed by atoms with Gasteiger partial charge < -0.3 is 5.73 Å². The van der Waals surface area contributed by atoms with Gasteiger partial charge in [0, 0.05) is 12.8 Å². The minimum absolute atomic E-state index is 0.258. The van der Waals surface area contributed by atoms with Gasteiger partial charge in [0.05, 0.1) is 0 Å². The second-order valence-corrected chi connectivity index (χ2v) is 4.92. The maximum Gasteiger partial charge on any atom is 0.117 e. The van der Waals surface area contributed by atoms with Gasteiger partial charge in [-0.05, 0) is 23.3 Å². The first-order valence-electron chi connectivity index (χ1n) is 4.52. The minimum Gasteiger partial charge on any atom is -0.349 e. The number of quaternary nitrogens is 1. The van der Waals surface area contributed by atoms with Crippen molar-refractivity contribution in [2.75, 3.05) is 0 Å². The van der Waals surface area contributed by atoms with E-state index in [-0.39, 0.29) is 5.54 Å². The highest BCUT2D eigenvalue weighted by molar-refractivity contribution is 5.30. The molecule has 0 aromatic heterocycles. The fourth-order valence-electron chi connectivity index (χ4n) is 2.95. The molecule has 0 amide bonds. The Bertz CT molecular complexity index is 210. The maximum absolute atomic E-state index is 4.31. The molecule has 2 fully saturated rings. The Morgan fingerprint density at radius 2 is 2.18 bits per heavy atom. The predicted molar refractivity (Wildman–Crippen MR) is 45.9 cm³/mol. The van der Waals surface area contributed by atoms with Gasteiger partial charge in [-0.15, -0.1) is 0 Å². The molecular weight excluding hydrogens is 134 g/mol. The molecule has 2 atom stereocenters. The summed E-state index contributed by atoms with van der Waals surface area (Å²) >= 11 is 0. The van der Waals surface area contributed by atoms with Gasteiger partial charge in [0.2, 0.25) is 0 Å². The van der Waals surface area contributed by atoms with Gasteiger partial charge in [-0.1, -0.05) is 20.4 Å². The highest BCUT2D eigenvalue weighted by Gasteiger charge is 2.58. The van der Waals surface area contributed by atoms with Crippen LogP contribution >= 0.6 is 0 Å². The Labute approximate surface area is 68.7 Å². The number of hydrogen-bond donors (Lipinski definition) is 1. The van der Waals surface area contributed by atoms with Crippen molar-refractivity contribution in [2.24, 2.45) is 11.3 Å². The van der Waals surface area contributed by atoms with Crippen molar-refractivity contribution in [3.8, 4) is 0 Å². The summed E-state index contributed by atoms with van der Waals surface area (Å²) in [6.45, 7) is 8.85. The van der Waals surface area contributed by atoms with Crippen LogP contribution in [0.3, 0.4) is 0 Å². The average Bonchev–Trinajstić information content (AvgIpc) is 2.36. The summed E-state index contributed by atoms with van der Waals surface area (Å²) in [5.41, 5.74) is 6.34. The van der Waals surface area contributed by atoms with Gasteiger partial charge >= 0.3 is 0 Å². The second-order valence-electron chi connectivity index (χ2n) is 4.92. The summed E-state index contributed by atoms with van der Waals surface area (Å²) in [7, 11) is 0. The van der Waals surface area contributed by atoms with Crippen LogP contribution in [0.25, 0.3) is 0 Å². The predicted octanol–water partition coefficient (Wildman–Crippen LogP) is 1.36. The van der Waals surface area contributed by atoms with Gasteiger partial charge in [-0.25, -0.2) is 0 Å². The molecule has 0 aliphatic heterocycles. The highest BCUT2D eigenvalue weighted by atomic mass is 14.8. The number of hydrogen-bond acceptors (Lipinski definition) is 0. The van der Waals surface area contributed by atoms with E-state index in [2.05, 4.69) is 26.2 Å². The van der Waals surface area contributed by atoms with Gasteiger partial charge in [-0.3, -0.25) is 0 Å². The Kier molecular flexibility index (Phi) is 1.15. The first-order chi connectivity index (χ1) is 4.97. The molecule has 11 heavy (non-hydrogen) atoms. The van der Waals surface area contributed by atoms with Gasteiger partial charge in [0.1, 0.15) is 5.54 Å². The van der Waals surface area contributed by atoms with E-state index in [9.17, 15) is 0 Å². The van der Waals surface area contributed by atoms with Crippen molar-refractivity contribution >= 4 is 0 Å². The molecule has 0 heterocycles. The van der Waals surface area contributed by atoms with E-state index >= 15 is 0 Å². The van der Waals surface area contributed by atoms with E-state index in [0.29, 0.717) is 5.41 Å². The molecule has 1 nitrogen and oxygen atoms in total. The second kappa shape index (κ2) is 1.71. The molecule has 0 radical (unpaired) electrons. The molecule has 0 unspecified atom stereocenters. The molecule has 0 saturated heterocycles. The Morgan fingerprint density at radius 3 is 2.45 bits per heavy atom. The molecule has 2 aliphatic carbocycles. The van der Waals surface area contributed by atoms with Crippen molar-refractivity contribution in [2.45, 2.75) is 38.6 Å². The third-order valence-corrected chi connectivity index (χ3v) is 4.05. The van der Waals surface area contributed by atoms with Crippen LogP contribution in [0.1, 0.15) is 33.1 Å². The van der Waals surface area contributed by atoms with Crippen LogP contribution < -0.4 is 5.73 Å². The topological polar surface area (TPSA) is 27.6 Å². The van der Waals surface area contributed by atoms with Crippen molar-refractivity contribution in [3.05, 3.63) is 12.2 Å². The van der Waals surface area contributed by atoms with Crippen LogP contribution in [0.4, 0.5) is 0 Å². The molecule has 62 valence electrons. The summed E-state index contributed by atoms with van der Waals surface area (Å²) in [5.74, 6) is 0.868. The van der Waals surface area contributed by atoms with E-state index in [4.69, 9.17) is 0 Å². The SMILES string of the molecule is C=C1C(C)(C)[C@@H]2CC[C@@]1([NH3+])C2. The molecular formula is C10H18N+. The summed E-state index contributed by atoms with van der Waals surface area (Å²) in [4.78, 5) is 0. The standard InChI is InChI=1S/C10H17N/c1-7-9(2,3)8-4-5-10(7,11)6-8/h8H,1,4-6,11H2,2-3H3/p+1/t8-,10-/m1/s1. The molecule has 2 saturated carbocycles. The molecule has 1 heteroatoms. The fourth-order valence-corrected chi connectivity index (χ4v) is 2.95. The van der Waals surface area contributed by atoms with Crippen LogP contribution in [0.15, 0.2) is 12.2 Å². The third-order valence-electron chi connectivity index (χ3n) is 4.05.